The summed E-state index contributed by atoms with van der Waals surface area (Å²) >= 11 is 0. The number of aldehydes is 1. The van der Waals surface area contributed by atoms with E-state index < -0.39 is 0 Å². The molecule has 1 aliphatic carbocycles. The molecule has 2 aliphatic rings. The number of phenols is 1. The van der Waals surface area contributed by atoms with Crippen LogP contribution in [0.15, 0.2) is 36.5 Å². The third-order valence-electron chi connectivity index (χ3n) is 7.01. The van der Waals surface area contributed by atoms with Gasteiger partial charge in [-0.05, 0) is 36.6 Å². The summed E-state index contributed by atoms with van der Waals surface area (Å²) in [6, 6.07) is 9.24. The molecule has 188 valence electrons. The molecule has 0 amide bonds. The standard InChI is InChI=1S/C27H28N8O2/c1-2-8-34-9-7-21-25(28-24-15-22(31-32-24)19-5-6-19)29-27(30-26(21)34)35-12-10-33(11-13-35)16-18-3-4-20(17-36)23(37)14-18/h1,3-4,7,9,14-15,17,19,37H,5-6,8,10-13,16H2,(H2,28,29,30,31,32). The summed E-state index contributed by atoms with van der Waals surface area (Å²) in [7, 11) is 0. The van der Waals surface area contributed by atoms with Crippen LogP contribution < -0.4 is 10.2 Å². The van der Waals surface area contributed by atoms with Crippen molar-refractivity contribution in [3.05, 3.63) is 53.3 Å². The first-order valence-electron chi connectivity index (χ1n) is 12.5. The van der Waals surface area contributed by atoms with Gasteiger partial charge >= 0.3 is 0 Å². The second-order valence-electron chi connectivity index (χ2n) is 9.64. The molecule has 6 rings (SSSR count). The highest BCUT2D eigenvalue weighted by Gasteiger charge is 2.26. The number of terminal acetylenes is 1. The Hall–Kier alpha value is -4.36. The molecule has 2 fully saturated rings. The van der Waals surface area contributed by atoms with Crippen molar-refractivity contribution in [1.82, 2.24) is 29.6 Å². The van der Waals surface area contributed by atoms with Crippen LogP contribution >= 0.6 is 0 Å². The number of aromatic nitrogens is 5. The van der Waals surface area contributed by atoms with Gasteiger partial charge in [0.15, 0.2) is 12.1 Å². The van der Waals surface area contributed by atoms with E-state index in [1.165, 1.54) is 12.8 Å². The molecular formula is C27H28N8O2. The van der Waals surface area contributed by atoms with Crippen molar-refractivity contribution >= 4 is 34.9 Å². The van der Waals surface area contributed by atoms with Crippen LogP contribution in [0.5, 0.6) is 5.75 Å². The number of nitrogens with one attached hydrogen (secondary N) is 2. The maximum atomic E-state index is 11.0. The summed E-state index contributed by atoms with van der Waals surface area (Å²) in [6.07, 6.45) is 10.6. The molecule has 4 heterocycles. The highest BCUT2D eigenvalue weighted by atomic mass is 16.3. The minimum atomic E-state index is 0.0176. The van der Waals surface area contributed by atoms with Gasteiger partial charge in [0, 0.05) is 56.6 Å². The van der Waals surface area contributed by atoms with Crippen molar-refractivity contribution in [3.8, 4) is 18.1 Å². The van der Waals surface area contributed by atoms with Crippen molar-refractivity contribution in [2.24, 2.45) is 0 Å². The van der Waals surface area contributed by atoms with Gasteiger partial charge < -0.3 is 19.9 Å². The van der Waals surface area contributed by atoms with Crippen LogP contribution in [0.25, 0.3) is 11.0 Å². The van der Waals surface area contributed by atoms with E-state index in [4.69, 9.17) is 16.4 Å². The van der Waals surface area contributed by atoms with Crippen molar-refractivity contribution in [2.75, 3.05) is 36.4 Å². The number of hydrogen-bond acceptors (Lipinski definition) is 8. The van der Waals surface area contributed by atoms with Gasteiger partial charge in [0.2, 0.25) is 5.95 Å². The number of carbonyl (C=O) groups is 1. The second-order valence-corrected chi connectivity index (χ2v) is 9.64. The van der Waals surface area contributed by atoms with Gasteiger partial charge in [-0.15, -0.1) is 6.42 Å². The fourth-order valence-electron chi connectivity index (χ4n) is 4.79. The highest BCUT2D eigenvalue weighted by Crippen LogP contribution is 2.40. The maximum Gasteiger partial charge on any atom is 0.229 e. The summed E-state index contributed by atoms with van der Waals surface area (Å²) in [5.74, 6) is 5.40. The van der Waals surface area contributed by atoms with E-state index in [0.717, 1.165) is 54.3 Å². The van der Waals surface area contributed by atoms with E-state index in [-0.39, 0.29) is 5.75 Å². The number of aromatic amines is 1. The van der Waals surface area contributed by atoms with E-state index in [1.54, 1.807) is 12.1 Å². The summed E-state index contributed by atoms with van der Waals surface area (Å²) in [6.45, 7) is 4.27. The van der Waals surface area contributed by atoms with Crippen LogP contribution in [0.1, 0.15) is 40.4 Å². The van der Waals surface area contributed by atoms with Crippen molar-refractivity contribution < 1.29 is 9.90 Å². The quantitative estimate of drug-likeness (QED) is 0.252. The lowest BCUT2D eigenvalue weighted by molar-refractivity contribution is 0.112. The number of hydrogen-bond donors (Lipinski definition) is 3. The molecule has 0 spiro atoms. The van der Waals surface area contributed by atoms with Crippen molar-refractivity contribution in [3.63, 3.8) is 0 Å². The normalized spacial score (nSPS) is 16.1. The minimum absolute atomic E-state index is 0.0176. The van der Waals surface area contributed by atoms with Gasteiger partial charge in [-0.25, -0.2) is 0 Å². The predicted molar refractivity (Wildman–Crippen MR) is 141 cm³/mol. The Balaban J connectivity index is 1.21. The number of H-pyrrole nitrogens is 1. The Morgan fingerprint density at radius 3 is 2.73 bits per heavy atom. The molecule has 3 N–H and O–H groups in total. The molecule has 10 nitrogen and oxygen atoms in total. The van der Waals surface area contributed by atoms with Gasteiger partial charge in [0.25, 0.3) is 0 Å². The van der Waals surface area contributed by atoms with Crippen LogP contribution in [0, 0.1) is 12.3 Å². The maximum absolute atomic E-state index is 11.0. The number of fused-ring (bicyclic) bond motifs is 1. The molecule has 37 heavy (non-hydrogen) atoms. The predicted octanol–water partition coefficient (Wildman–Crippen LogP) is 3.25. The Morgan fingerprint density at radius 1 is 1.16 bits per heavy atom. The van der Waals surface area contributed by atoms with E-state index in [9.17, 15) is 9.90 Å². The highest BCUT2D eigenvalue weighted by molar-refractivity contribution is 5.90. The molecule has 3 aromatic heterocycles. The molecule has 0 bridgehead atoms. The molecule has 0 radical (unpaired) electrons. The molecular weight excluding hydrogens is 468 g/mol. The number of piperazine rings is 1. The first kappa shape index (κ1) is 23.1. The first-order valence-corrected chi connectivity index (χ1v) is 12.5. The third-order valence-corrected chi connectivity index (χ3v) is 7.01. The topological polar surface area (TPSA) is 115 Å². The van der Waals surface area contributed by atoms with Gasteiger partial charge in [-0.3, -0.25) is 14.8 Å². The van der Waals surface area contributed by atoms with Gasteiger partial charge in [0.05, 0.1) is 17.5 Å². The zero-order valence-corrected chi connectivity index (χ0v) is 20.4. The molecule has 10 heteroatoms. The number of rotatable bonds is 8. The average molecular weight is 497 g/mol. The van der Waals surface area contributed by atoms with E-state index in [1.807, 2.05) is 22.9 Å². The lowest BCUT2D eigenvalue weighted by Gasteiger charge is -2.35. The molecule has 0 atom stereocenters. The number of aromatic hydroxyl groups is 1. The minimum Gasteiger partial charge on any atom is -0.507 e. The second kappa shape index (κ2) is 9.59. The van der Waals surface area contributed by atoms with E-state index in [2.05, 4.69) is 37.3 Å². The van der Waals surface area contributed by atoms with Crippen LogP contribution in [-0.4, -0.2) is 67.2 Å². The van der Waals surface area contributed by atoms with E-state index in [0.29, 0.717) is 42.6 Å². The molecule has 1 saturated heterocycles. The summed E-state index contributed by atoms with van der Waals surface area (Å²) in [4.78, 5) is 25.3. The Labute approximate surface area is 214 Å². The zero-order valence-electron chi connectivity index (χ0n) is 20.4. The lowest BCUT2D eigenvalue weighted by atomic mass is 10.1. The lowest BCUT2D eigenvalue weighted by Crippen LogP contribution is -2.46. The fourth-order valence-corrected chi connectivity index (χ4v) is 4.79. The summed E-state index contributed by atoms with van der Waals surface area (Å²) in [5.41, 5.74) is 3.22. The smallest absolute Gasteiger partial charge is 0.229 e. The molecule has 0 unspecified atom stereocenters. The average Bonchev–Trinajstić information content (AvgIpc) is 3.52. The van der Waals surface area contributed by atoms with Crippen LogP contribution in [0.2, 0.25) is 0 Å². The largest absolute Gasteiger partial charge is 0.507 e. The number of carbonyl (C=O) groups excluding carboxylic acids is 1. The van der Waals surface area contributed by atoms with Crippen molar-refractivity contribution in [2.45, 2.75) is 31.8 Å². The third kappa shape index (κ3) is 4.73. The SMILES string of the molecule is C#CCn1ccc2c(Nc3cc(C4CC4)[nH]n3)nc(N3CCN(Cc4ccc(C=O)c(O)c4)CC3)nc21. The number of phenolic OH excluding ortho intramolecular Hbond substituents is 1. The molecule has 1 saturated carbocycles. The Bertz CT molecular complexity index is 1490. The number of anilines is 3. The summed E-state index contributed by atoms with van der Waals surface area (Å²) < 4.78 is 1.96. The van der Waals surface area contributed by atoms with Gasteiger partial charge in [0.1, 0.15) is 17.2 Å². The van der Waals surface area contributed by atoms with Crippen LogP contribution in [-0.2, 0) is 13.1 Å². The van der Waals surface area contributed by atoms with Crippen LogP contribution in [0.4, 0.5) is 17.6 Å². The molecule has 4 aromatic rings. The molecule has 1 aromatic carbocycles. The van der Waals surface area contributed by atoms with Gasteiger partial charge in [-0.1, -0.05) is 12.0 Å². The number of nitrogens with zero attached hydrogens (tertiary/aromatic N) is 6. The fraction of sp³-hybridized carbons (Fsp3) is 0.333. The first-order chi connectivity index (χ1) is 18.1. The Morgan fingerprint density at radius 2 is 2.00 bits per heavy atom. The Kier molecular flexibility index (Phi) is 5.98. The van der Waals surface area contributed by atoms with Gasteiger partial charge in [-0.2, -0.15) is 15.1 Å². The van der Waals surface area contributed by atoms with Crippen molar-refractivity contribution in [1.29, 1.82) is 0 Å². The van der Waals surface area contributed by atoms with E-state index >= 15 is 0 Å². The number of benzene rings is 1. The molecule has 1 aliphatic heterocycles. The van der Waals surface area contributed by atoms with Crippen LogP contribution in [0.3, 0.4) is 0 Å². The zero-order chi connectivity index (χ0) is 25.4. The monoisotopic (exact) mass is 496 g/mol. The summed E-state index contributed by atoms with van der Waals surface area (Å²) in [5, 5.41) is 21.9.